The van der Waals surface area contributed by atoms with E-state index in [-0.39, 0.29) is 24.5 Å². The van der Waals surface area contributed by atoms with Crippen molar-refractivity contribution in [2.75, 3.05) is 24.5 Å². The van der Waals surface area contributed by atoms with Crippen molar-refractivity contribution in [1.82, 2.24) is 4.98 Å². The first-order valence-corrected chi connectivity index (χ1v) is 9.79. The van der Waals surface area contributed by atoms with Crippen LogP contribution in [0, 0.1) is 11.8 Å². The first-order valence-electron chi connectivity index (χ1n) is 9.79. The normalized spacial score (nSPS) is 25.7. The van der Waals surface area contributed by atoms with Crippen molar-refractivity contribution in [2.24, 2.45) is 16.8 Å². The van der Waals surface area contributed by atoms with E-state index in [0.29, 0.717) is 43.0 Å². The number of rotatable bonds is 2. The maximum Gasteiger partial charge on any atom is 0.417 e. The zero-order chi connectivity index (χ0) is 22.6. The van der Waals surface area contributed by atoms with E-state index in [4.69, 9.17) is 0 Å². The molecule has 0 radical (unpaired) electrons. The molecule has 1 aromatic rings. The van der Waals surface area contributed by atoms with Crippen LogP contribution in [0.25, 0.3) is 0 Å². The van der Waals surface area contributed by atoms with Crippen molar-refractivity contribution in [3.63, 3.8) is 0 Å². The van der Waals surface area contributed by atoms with Gasteiger partial charge in [0, 0.05) is 37.3 Å². The number of aromatic nitrogens is 1. The summed E-state index contributed by atoms with van der Waals surface area (Å²) in [6.45, 7) is 0.808. The number of anilines is 1. The predicted molar refractivity (Wildman–Crippen MR) is 98.7 cm³/mol. The molecule has 0 bridgehead atoms. The van der Waals surface area contributed by atoms with Gasteiger partial charge in [0.2, 0.25) is 0 Å². The third-order valence-electron chi connectivity index (χ3n) is 6.07. The van der Waals surface area contributed by atoms with Crippen LogP contribution >= 0.6 is 0 Å². The Labute approximate surface area is 173 Å². The Morgan fingerprint density at radius 2 is 1.74 bits per heavy atom. The number of aliphatic hydroxyl groups excluding tert-OH is 1. The highest BCUT2D eigenvalue weighted by Gasteiger charge is 2.54. The van der Waals surface area contributed by atoms with Gasteiger partial charge in [-0.1, -0.05) is 0 Å². The second kappa shape index (κ2) is 7.61. The Hall–Kier alpha value is -2.43. The van der Waals surface area contributed by atoms with Crippen molar-refractivity contribution in [1.29, 1.82) is 0 Å². The molecule has 4 rings (SSSR count). The first kappa shape index (κ1) is 21.8. The standard InChI is InChI=1S/C20H19F6N3O2/c21-19(22,23)12-1-2-14(27-9-12)29-5-3-10(4-6-29)17-15-11(8-28-17)7-13(30)18(31)16(15)20(24,25)26/h1-2,9-10,16,18,31H,3-8H2/t16-,18-/m0/s1. The number of alkyl halides is 6. The van der Waals surface area contributed by atoms with Crippen LogP contribution in [0.1, 0.15) is 24.8 Å². The lowest BCUT2D eigenvalue weighted by Gasteiger charge is -2.36. The van der Waals surface area contributed by atoms with Crippen molar-refractivity contribution >= 4 is 17.3 Å². The molecule has 1 aliphatic carbocycles. The van der Waals surface area contributed by atoms with Gasteiger partial charge in [0.05, 0.1) is 12.1 Å². The second-order valence-electron chi connectivity index (χ2n) is 7.99. The number of carbonyl (C=O) groups is 1. The van der Waals surface area contributed by atoms with Gasteiger partial charge in [0.15, 0.2) is 5.78 Å². The first-order chi connectivity index (χ1) is 14.5. The van der Waals surface area contributed by atoms with E-state index < -0.39 is 35.7 Å². The highest BCUT2D eigenvalue weighted by Crippen LogP contribution is 2.45. The number of hydrogen-bond donors (Lipinski definition) is 1. The molecule has 1 N–H and O–H groups in total. The van der Waals surface area contributed by atoms with Gasteiger partial charge in [-0.05, 0) is 36.1 Å². The fourth-order valence-corrected chi connectivity index (χ4v) is 4.54. The average Bonchev–Trinajstić information content (AvgIpc) is 3.10. The van der Waals surface area contributed by atoms with Gasteiger partial charge in [0.1, 0.15) is 17.8 Å². The number of pyridine rings is 1. The van der Waals surface area contributed by atoms with Crippen LogP contribution in [-0.2, 0) is 11.0 Å². The van der Waals surface area contributed by atoms with E-state index in [9.17, 15) is 36.2 Å². The molecule has 1 fully saturated rings. The van der Waals surface area contributed by atoms with Gasteiger partial charge in [-0.25, -0.2) is 4.98 Å². The van der Waals surface area contributed by atoms with Gasteiger partial charge in [-0.3, -0.25) is 9.79 Å². The van der Waals surface area contributed by atoms with E-state index in [0.717, 1.165) is 12.3 Å². The van der Waals surface area contributed by atoms with Crippen LogP contribution in [0.2, 0.25) is 0 Å². The molecule has 2 aliphatic heterocycles. The molecule has 0 unspecified atom stereocenters. The quantitative estimate of drug-likeness (QED) is 0.704. The van der Waals surface area contributed by atoms with E-state index in [1.807, 2.05) is 0 Å². The molecule has 5 nitrogen and oxygen atoms in total. The highest BCUT2D eigenvalue weighted by atomic mass is 19.4. The SMILES string of the molecule is O=C1CC2=C(C(C3CCN(c4ccc(C(F)(F)F)cn4)CC3)=NC2)[C@H](C(F)(F)F)[C@H]1O. The Kier molecular flexibility index (Phi) is 5.35. The van der Waals surface area contributed by atoms with Crippen LogP contribution in [0.3, 0.4) is 0 Å². The molecule has 0 amide bonds. The van der Waals surface area contributed by atoms with Crippen molar-refractivity contribution in [3.8, 4) is 0 Å². The van der Waals surface area contributed by atoms with Crippen LogP contribution in [-0.4, -0.2) is 53.5 Å². The van der Waals surface area contributed by atoms with Gasteiger partial charge in [-0.15, -0.1) is 0 Å². The van der Waals surface area contributed by atoms with E-state index >= 15 is 0 Å². The number of Topliss-reactive ketones (excluding diaryl/α,β-unsaturated/α-hetero) is 1. The molecule has 3 heterocycles. The van der Waals surface area contributed by atoms with Crippen molar-refractivity contribution in [2.45, 2.75) is 37.7 Å². The summed E-state index contributed by atoms with van der Waals surface area (Å²) in [5.41, 5.74) is -0.288. The molecular weight excluding hydrogens is 428 g/mol. The lowest BCUT2D eigenvalue weighted by molar-refractivity contribution is -0.190. The lowest BCUT2D eigenvalue weighted by atomic mass is 9.74. The highest BCUT2D eigenvalue weighted by molar-refractivity contribution is 6.08. The Morgan fingerprint density at radius 1 is 1.06 bits per heavy atom. The molecule has 31 heavy (non-hydrogen) atoms. The molecule has 3 aliphatic rings. The van der Waals surface area contributed by atoms with Gasteiger partial charge >= 0.3 is 12.4 Å². The summed E-state index contributed by atoms with van der Waals surface area (Å²) in [4.78, 5) is 21.8. The zero-order valence-electron chi connectivity index (χ0n) is 16.2. The van der Waals surface area contributed by atoms with E-state index in [1.165, 1.54) is 6.07 Å². The molecular formula is C20H19F6N3O2. The summed E-state index contributed by atoms with van der Waals surface area (Å²) in [6.07, 6.45) is -9.98. The predicted octanol–water partition coefficient (Wildman–Crippen LogP) is 3.58. The fourth-order valence-electron chi connectivity index (χ4n) is 4.54. The Morgan fingerprint density at radius 3 is 2.29 bits per heavy atom. The summed E-state index contributed by atoms with van der Waals surface area (Å²) in [5, 5.41) is 9.95. The molecule has 0 saturated carbocycles. The molecule has 2 atom stereocenters. The largest absolute Gasteiger partial charge is 0.417 e. The maximum absolute atomic E-state index is 13.6. The smallest absolute Gasteiger partial charge is 0.384 e. The van der Waals surface area contributed by atoms with Crippen molar-refractivity contribution < 1.29 is 36.2 Å². The van der Waals surface area contributed by atoms with Crippen LogP contribution in [0.15, 0.2) is 34.5 Å². The number of aliphatic imine (C=N–C) groups is 1. The third-order valence-corrected chi connectivity index (χ3v) is 6.07. The molecule has 0 aromatic carbocycles. The number of aliphatic hydroxyl groups is 1. The number of carbonyl (C=O) groups excluding carboxylic acids is 1. The Balaban J connectivity index is 1.48. The van der Waals surface area contributed by atoms with E-state index in [2.05, 4.69) is 9.98 Å². The number of piperidine rings is 1. The van der Waals surface area contributed by atoms with Gasteiger partial charge in [-0.2, -0.15) is 26.3 Å². The van der Waals surface area contributed by atoms with Gasteiger partial charge < -0.3 is 10.0 Å². The molecule has 11 heteroatoms. The maximum atomic E-state index is 13.6. The lowest BCUT2D eigenvalue weighted by Crippen LogP contribution is -2.46. The number of hydrogen-bond acceptors (Lipinski definition) is 5. The number of halogens is 6. The second-order valence-corrected chi connectivity index (χ2v) is 7.99. The van der Waals surface area contributed by atoms with Crippen molar-refractivity contribution in [3.05, 3.63) is 35.0 Å². The minimum Gasteiger partial charge on any atom is -0.384 e. The fraction of sp³-hybridized carbons (Fsp3) is 0.550. The summed E-state index contributed by atoms with van der Waals surface area (Å²) < 4.78 is 79.0. The Bertz CT molecular complexity index is 928. The molecule has 1 saturated heterocycles. The third kappa shape index (κ3) is 4.07. The van der Waals surface area contributed by atoms with Crippen LogP contribution in [0.5, 0.6) is 0 Å². The van der Waals surface area contributed by atoms with Gasteiger partial charge in [0.25, 0.3) is 0 Å². The number of nitrogens with zero attached hydrogens (tertiary/aromatic N) is 3. The average molecular weight is 447 g/mol. The summed E-state index contributed by atoms with van der Waals surface area (Å²) in [6, 6.07) is 2.22. The van der Waals surface area contributed by atoms with Crippen LogP contribution < -0.4 is 4.90 Å². The van der Waals surface area contributed by atoms with E-state index in [1.54, 1.807) is 4.90 Å². The minimum absolute atomic E-state index is 0.0242. The molecule has 168 valence electrons. The minimum atomic E-state index is -4.77. The zero-order valence-corrected chi connectivity index (χ0v) is 16.2. The monoisotopic (exact) mass is 447 g/mol. The summed E-state index contributed by atoms with van der Waals surface area (Å²) in [5.74, 6) is -3.03. The topological polar surface area (TPSA) is 65.8 Å². The molecule has 0 spiro atoms. The summed E-state index contributed by atoms with van der Waals surface area (Å²) in [7, 11) is 0. The number of ketones is 1. The van der Waals surface area contributed by atoms with Crippen LogP contribution in [0.4, 0.5) is 32.2 Å². The molecule has 1 aromatic heterocycles. The summed E-state index contributed by atoms with van der Waals surface area (Å²) >= 11 is 0.